The largest absolute Gasteiger partial charge is 0.478 e. The van der Waals surface area contributed by atoms with Gasteiger partial charge in [-0.3, -0.25) is 14.9 Å². The highest BCUT2D eigenvalue weighted by atomic mass is 16.6. The number of carboxylic acid groups (broad SMARTS) is 1. The van der Waals surface area contributed by atoms with Gasteiger partial charge < -0.3 is 15.2 Å². The molecule has 8 heteroatoms. The summed E-state index contributed by atoms with van der Waals surface area (Å²) in [6.07, 6.45) is 0. The number of ether oxygens (including phenoxy) is 1. The average molecular weight is 330 g/mol. The number of amides is 1. The maximum atomic E-state index is 11.8. The molecule has 2 rings (SSSR count). The Balaban J connectivity index is 1.89. The predicted octanol–water partition coefficient (Wildman–Crippen LogP) is 1.99. The van der Waals surface area contributed by atoms with Crippen LogP contribution in [0.1, 0.15) is 15.9 Å². The van der Waals surface area contributed by atoms with Crippen LogP contribution in [0.25, 0.3) is 0 Å². The van der Waals surface area contributed by atoms with Crippen LogP contribution in [0.4, 0.5) is 5.69 Å². The van der Waals surface area contributed by atoms with Gasteiger partial charge in [0.1, 0.15) is 0 Å². The number of nitrogens with one attached hydrogen (secondary N) is 1. The van der Waals surface area contributed by atoms with Gasteiger partial charge in [-0.2, -0.15) is 0 Å². The van der Waals surface area contributed by atoms with Crippen molar-refractivity contribution in [2.24, 2.45) is 0 Å². The molecular formula is C16H14N2O6. The van der Waals surface area contributed by atoms with Crippen molar-refractivity contribution in [2.75, 3.05) is 6.61 Å². The Kier molecular flexibility index (Phi) is 5.45. The van der Waals surface area contributed by atoms with E-state index in [9.17, 15) is 19.7 Å². The quantitative estimate of drug-likeness (QED) is 0.592. The van der Waals surface area contributed by atoms with Crippen molar-refractivity contribution in [1.82, 2.24) is 5.32 Å². The van der Waals surface area contributed by atoms with E-state index < -0.39 is 16.8 Å². The highest BCUT2D eigenvalue weighted by molar-refractivity contribution is 5.87. The molecule has 0 unspecified atom stereocenters. The molecule has 0 aliphatic heterocycles. The first kappa shape index (κ1) is 16.9. The molecule has 0 bridgehead atoms. The summed E-state index contributed by atoms with van der Waals surface area (Å²) in [4.78, 5) is 32.9. The fourth-order valence-corrected chi connectivity index (χ4v) is 1.94. The number of carboxylic acids is 1. The molecule has 2 aromatic rings. The second kappa shape index (κ2) is 7.73. The zero-order valence-corrected chi connectivity index (χ0v) is 12.5. The molecule has 0 aliphatic rings. The van der Waals surface area contributed by atoms with E-state index in [1.54, 1.807) is 18.2 Å². The standard InChI is InChI=1S/C16H14N2O6/c19-15(10-24-14-7-2-1-6-13(14)18(22)23)17-9-11-4-3-5-12(8-11)16(20)21/h1-8H,9-10H2,(H,17,19)(H,20,21). The second-order valence-corrected chi connectivity index (χ2v) is 4.80. The van der Waals surface area contributed by atoms with E-state index in [-0.39, 0.29) is 30.2 Å². The summed E-state index contributed by atoms with van der Waals surface area (Å²) in [5.74, 6) is -1.53. The summed E-state index contributed by atoms with van der Waals surface area (Å²) in [6.45, 7) is -0.260. The molecule has 2 aromatic carbocycles. The van der Waals surface area contributed by atoms with Gasteiger partial charge in [0.25, 0.3) is 5.91 Å². The molecule has 2 N–H and O–H groups in total. The number of benzene rings is 2. The van der Waals surface area contributed by atoms with E-state index in [0.29, 0.717) is 5.56 Å². The average Bonchev–Trinajstić information content (AvgIpc) is 2.58. The molecule has 0 spiro atoms. The number of aromatic carboxylic acids is 1. The van der Waals surface area contributed by atoms with E-state index in [1.807, 2.05) is 0 Å². The molecule has 0 aliphatic carbocycles. The fourth-order valence-electron chi connectivity index (χ4n) is 1.94. The predicted molar refractivity (Wildman–Crippen MR) is 83.8 cm³/mol. The van der Waals surface area contributed by atoms with Gasteiger partial charge in [-0.05, 0) is 23.8 Å². The van der Waals surface area contributed by atoms with E-state index in [0.717, 1.165) is 0 Å². The zero-order valence-electron chi connectivity index (χ0n) is 12.5. The van der Waals surface area contributed by atoms with Gasteiger partial charge >= 0.3 is 11.7 Å². The summed E-state index contributed by atoms with van der Waals surface area (Å²) in [6, 6.07) is 11.9. The van der Waals surface area contributed by atoms with Gasteiger partial charge in [0.2, 0.25) is 0 Å². The summed E-state index contributed by atoms with van der Waals surface area (Å²) in [5, 5.41) is 22.3. The molecule has 0 saturated heterocycles. The molecule has 0 fully saturated rings. The molecule has 0 heterocycles. The number of nitrogens with zero attached hydrogens (tertiary/aromatic N) is 1. The van der Waals surface area contributed by atoms with Crippen LogP contribution in [0, 0.1) is 10.1 Å². The van der Waals surface area contributed by atoms with Crippen molar-refractivity contribution in [3.05, 3.63) is 69.8 Å². The smallest absolute Gasteiger partial charge is 0.335 e. The monoisotopic (exact) mass is 330 g/mol. The maximum absolute atomic E-state index is 11.8. The first-order valence-electron chi connectivity index (χ1n) is 6.92. The molecule has 8 nitrogen and oxygen atoms in total. The van der Waals surface area contributed by atoms with Gasteiger partial charge in [-0.25, -0.2) is 4.79 Å². The Hall–Kier alpha value is -3.42. The number of nitro benzene ring substituents is 1. The SMILES string of the molecule is O=C(COc1ccccc1[N+](=O)[O-])NCc1cccc(C(=O)O)c1. The summed E-state index contributed by atoms with van der Waals surface area (Å²) in [5.41, 5.74) is 0.520. The van der Waals surface area contributed by atoms with Crippen LogP contribution in [0.5, 0.6) is 5.75 Å². The number of rotatable bonds is 7. The van der Waals surface area contributed by atoms with Gasteiger partial charge in [-0.1, -0.05) is 24.3 Å². The lowest BCUT2D eigenvalue weighted by molar-refractivity contribution is -0.385. The Morgan fingerprint density at radius 2 is 1.92 bits per heavy atom. The Morgan fingerprint density at radius 1 is 1.17 bits per heavy atom. The summed E-state index contributed by atoms with van der Waals surface area (Å²) in [7, 11) is 0. The van der Waals surface area contributed by atoms with Gasteiger partial charge in [0, 0.05) is 12.6 Å². The highest BCUT2D eigenvalue weighted by Gasteiger charge is 2.14. The normalized spacial score (nSPS) is 10.0. The molecule has 0 atom stereocenters. The van der Waals surface area contributed by atoms with E-state index >= 15 is 0 Å². The van der Waals surface area contributed by atoms with Gasteiger partial charge in [0.05, 0.1) is 10.5 Å². The van der Waals surface area contributed by atoms with Crippen LogP contribution in [-0.2, 0) is 11.3 Å². The lowest BCUT2D eigenvalue weighted by atomic mass is 10.1. The van der Waals surface area contributed by atoms with Crippen molar-refractivity contribution < 1.29 is 24.4 Å². The number of carbonyl (C=O) groups is 2. The topological polar surface area (TPSA) is 119 Å². The van der Waals surface area contributed by atoms with E-state index in [4.69, 9.17) is 9.84 Å². The molecule has 1 amide bonds. The number of para-hydroxylation sites is 2. The number of hydrogen-bond donors (Lipinski definition) is 2. The first-order valence-corrected chi connectivity index (χ1v) is 6.92. The molecule has 0 aromatic heterocycles. The van der Waals surface area contributed by atoms with Crippen LogP contribution >= 0.6 is 0 Å². The van der Waals surface area contributed by atoms with Crippen molar-refractivity contribution in [3.8, 4) is 5.75 Å². The minimum Gasteiger partial charge on any atom is -0.478 e. The molecule has 124 valence electrons. The summed E-state index contributed by atoms with van der Waals surface area (Å²) < 4.78 is 5.16. The third-order valence-electron chi connectivity index (χ3n) is 3.08. The lowest BCUT2D eigenvalue weighted by Gasteiger charge is -2.08. The molecule has 0 saturated carbocycles. The number of hydrogen-bond acceptors (Lipinski definition) is 5. The van der Waals surface area contributed by atoms with Gasteiger partial charge in [0.15, 0.2) is 12.4 Å². The Bertz CT molecular complexity index is 775. The molecule has 0 radical (unpaired) electrons. The summed E-state index contributed by atoms with van der Waals surface area (Å²) >= 11 is 0. The number of nitro groups is 1. The molecular weight excluding hydrogens is 316 g/mol. The van der Waals surface area contributed by atoms with Crippen LogP contribution in [0.15, 0.2) is 48.5 Å². The Labute approximate surface area is 136 Å². The van der Waals surface area contributed by atoms with Gasteiger partial charge in [-0.15, -0.1) is 0 Å². The van der Waals surface area contributed by atoms with Crippen LogP contribution < -0.4 is 10.1 Å². The lowest BCUT2D eigenvalue weighted by Crippen LogP contribution is -2.28. The zero-order chi connectivity index (χ0) is 17.5. The fraction of sp³-hybridized carbons (Fsp3) is 0.125. The van der Waals surface area contributed by atoms with Crippen molar-refractivity contribution in [2.45, 2.75) is 6.54 Å². The van der Waals surface area contributed by atoms with Crippen molar-refractivity contribution in [1.29, 1.82) is 0 Å². The first-order chi connectivity index (χ1) is 11.5. The van der Waals surface area contributed by atoms with Crippen molar-refractivity contribution >= 4 is 17.6 Å². The van der Waals surface area contributed by atoms with Crippen LogP contribution in [0.3, 0.4) is 0 Å². The number of carbonyl (C=O) groups excluding carboxylic acids is 1. The maximum Gasteiger partial charge on any atom is 0.335 e. The molecule has 24 heavy (non-hydrogen) atoms. The Morgan fingerprint density at radius 3 is 2.62 bits per heavy atom. The van der Waals surface area contributed by atoms with E-state index in [2.05, 4.69) is 5.32 Å². The minimum atomic E-state index is -1.05. The third kappa shape index (κ3) is 4.54. The second-order valence-electron chi connectivity index (χ2n) is 4.80. The minimum absolute atomic E-state index is 0.00512. The van der Waals surface area contributed by atoms with Crippen LogP contribution in [0.2, 0.25) is 0 Å². The van der Waals surface area contributed by atoms with Crippen LogP contribution in [-0.4, -0.2) is 28.5 Å². The third-order valence-corrected chi connectivity index (χ3v) is 3.08. The highest BCUT2D eigenvalue weighted by Crippen LogP contribution is 2.25. The van der Waals surface area contributed by atoms with Crippen molar-refractivity contribution in [3.63, 3.8) is 0 Å². The van der Waals surface area contributed by atoms with E-state index in [1.165, 1.54) is 30.3 Å².